The van der Waals surface area contributed by atoms with Crippen LogP contribution in [0.4, 0.5) is 0 Å². The Morgan fingerprint density at radius 2 is 2.04 bits per heavy atom. The van der Waals surface area contributed by atoms with Gasteiger partial charge in [-0.3, -0.25) is 4.79 Å². The summed E-state index contributed by atoms with van der Waals surface area (Å²) in [7, 11) is 0. The fraction of sp³-hybridized carbons (Fsp3) is 0.500. The van der Waals surface area contributed by atoms with E-state index in [1.807, 2.05) is 35.2 Å². The molecule has 1 aromatic heterocycles. The predicted molar refractivity (Wildman–Crippen MR) is 85.1 cm³/mol. The van der Waals surface area contributed by atoms with Crippen molar-refractivity contribution in [3.8, 4) is 0 Å². The minimum atomic E-state index is 0.139. The van der Waals surface area contributed by atoms with Crippen molar-refractivity contribution < 1.29 is 9.32 Å². The molecule has 0 spiro atoms. The Morgan fingerprint density at radius 3 is 2.83 bits per heavy atom. The van der Waals surface area contributed by atoms with E-state index in [4.69, 9.17) is 4.52 Å². The summed E-state index contributed by atoms with van der Waals surface area (Å²) in [6.45, 7) is 0.845. The zero-order chi connectivity index (χ0) is 15.6. The van der Waals surface area contributed by atoms with Crippen molar-refractivity contribution in [1.82, 2.24) is 15.0 Å². The molecule has 0 N–H and O–H groups in total. The van der Waals surface area contributed by atoms with Gasteiger partial charge in [0.15, 0.2) is 5.82 Å². The summed E-state index contributed by atoms with van der Waals surface area (Å²) >= 11 is 0. The Hall–Kier alpha value is -2.17. The van der Waals surface area contributed by atoms with Crippen LogP contribution >= 0.6 is 0 Å². The molecule has 1 amide bonds. The van der Waals surface area contributed by atoms with Crippen molar-refractivity contribution in [3.63, 3.8) is 0 Å². The summed E-state index contributed by atoms with van der Waals surface area (Å²) in [4.78, 5) is 19.1. The van der Waals surface area contributed by atoms with Crippen LogP contribution in [0, 0.1) is 0 Å². The maximum Gasteiger partial charge on any atom is 0.254 e. The van der Waals surface area contributed by atoms with Crippen molar-refractivity contribution in [3.05, 3.63) is 47.6 Å². The zero-order valence-corrected chi connectivity index (χ0v) is 13.1. The van der Waals surface area contributed by atoms with Crippen LogP contribution in [0.2, 0.25) is 0 Å². The van der Waals surface area contributed by atoms with E-state index >= 15 is 0 Å². The van der Waals surface area contributed by atoms with E-state index in [9.17, 15) is 4.79 Å². The van der Waals surface area contributed by atoms with E-state index in [1.165, 1.54) is 12.8 Å². The fourth-order valence-electron chi connectivity index (χ4n) is 3.31. The number of nitrogens with zero attached hydrogens (tertiary/aromatic N) is 3. The molecule has 0 bridgehead atoms. The van der Waals surface area contributed by atoms with Crippen molar-refractivity contribution >= 4 is 5.91 Å². The minimum Gasteiger partial charge on any atom is -0.339 e. The topological polar surface area (TPSA) is 59.2 Å². The molecule has 23 heavy (non-hydrogen) atoms. The highest BCUT2D eigenvalue weighted by atomic mass is 16.5. The molecule has 0 radical (unpaired) electrons. The van der Waals surface area contributed by atoms with Crippen LogP contribution in [0.5, 0.6) is 0 Å². The van der Waals surface area contributed by atoms with Crippen LogP contribution < -0.4 is 0 Å². The molecule has 120 valence electrons. The maximum absolute atomic E-state index is 12.6. The van der Waals surface area contributed by atoms with Gasteiger partial charge < -0.3 is 9.42 Å². The summed E-state index contributed by atoms with van der Waals surface area (Å²) in [5.74, 6) is 2.22. The number of carbonyl (C=O) groups excluding carboxylic acids is 1. The first-order valence-electron chi connectivity index (χ1n) is 8.50. The normalized spacial score (nSPS) is 20.9. The second kappa shape index (κ2) is 6.14. The number of hydrogen-bond donors (Lipinski definition) is 0. The minimum absolute atomic E-state index is 0.139. The number of carbonyl (C=O) groups is 1. The predicted octanol–water partition coefficient (Wildman–Crippen LogP) is 3.18. The largest absolute Gasteiger partial charge is 0.339 e. The Balaban J connectivity index is 1.38. The lowest BCUT2D eigenvalue weighted by Gasteiger charge is -2.24. The average molecular weight is 311 g/mol. The van der Waals surface area contributed by atoms with Gasteiger partial charge in [0.2, 0.25) is 5.89 Å². The van der Waals surface area contributed by atoms with Crippen LogP contribution in [-0.4, -0.2) is 33.5 Å². The van der Waals surface area contributed by atoms with Gasteiger partial charge in [-0.05, 0) is 44.2 Å². The lowest BCUT2D eigenvalue weighted by Crippen LogP contribution is -2.35. The van der Waals surface area contributed by atoms with E-state index in [2.05, 4.69) is 10.1 Å². The number of aryl methyl sites for hydroxylation is 1. The molecule has 1 aliphatic carbocycles. The molecule has 1 aliphatic heterocycles. The Labute approximate surface area is 135 Å². The molecule has 1 saturated heterocycles. The lowest BCUT2D eigenvalue weighted by atomic mass is 10.1. The van der Waals surface area contributed by atoms with Gasteiger partial charge in [-0.2, -0.15) is 4.98 Å². The molecule has 1 unspecified atom stereocenters. The van der Waals surface area contributed by atoms with Crippen molar-refractivity contribution in [2.75, 3.05) is 6.54 Å². The number of benzene rings is 1. The lowest BCUT2D eigenvalue weighted by molar-refractivity contribution is 0.0730. The Morgan fingerprint density at radius 1 is 1.22 bits per heavy atom. The van der Waals surface area contributed by atoms with Gasteiger partial charge in [-0.15, -0.1) is 0 Å². The Bertz CT molecular complexity index is 679. The molecule has 1 saturated carbocycles. The van der Waals surface area contributed by atoms with Gasteiger partial charge in [0.05, 0.1) is 0 Å². The molecule has 2 aliphatic rings. The molecule has 2 heterocycles. The van der Waals surface area contributed by atoms with Gasteiger partial charge in [-0.25, -0.2) is 0 Å². The van der Waals surface area contributed by atoms with Gasteiger partial charge in [0.1, 0.15) is 0 Å². The first-order chi connectivity index (χ1) is 11.3. The first kappa shape index (κ1) is 14.4. The first-order valence-corrected chi connectivity index (χ1v) is 8.50. The van der Waals surface area contributed by atoms with E-state index in [0.717, 1.165) is 49.5 Å². The number of likely N-dealkylation sites (tertiary alicyclic amines) is 1. The number of amides is 1. The second-order valence-electron chi connectivity index (χ2n) is 6.52. The van der Waals surface area contributed by atoms with Gasteiger partial charge in [0.25, 0.3) is 5.91 Å². The van der Waals surface area contributed by atoms with E-state index in [0.29, 0.717) is 5.92 Å². The van der Waals surface area contributed by atoms with Gasteiger partial charge >= 0.3 is 0 Å². The van der Waals surface area contributed by atoms with Gasteiger partial charge in [0, 0.05) is 30.5 Å². The zero-order valence-electron chi connectivity index (χ0n) is 13.1. The highest BCUT2D eigenvalue weighted by Crippen LogP contribution is 2.38. The molecule has 4 rings (SSSR count). The SMILES string of the molecule is O=C(c1ccccc1)N1CCCC1CCc1noc(C2CC2)n1. The monoisotopic (exact) mass is 311 g/mol. The molecule has 2 fully saturated rings. The smallest absolute Gasteiger partial charge is 0.254 e. The average Bonchev–Trinajstić information content (AvgIpc) is 3.15. The van der Waals surface area contributed by atoms with Crippen LogP contribution in [0.15, 0.2) is 34.9 Å². The van der Waals surface area contributed by atoms with E-state index in [-0.39, 0.29) is 11.9 Å². The van der Waals surface area contributed by atoms with E-state index in [1.54, 1.807) is 0 Å². The van der Waals surface area contributed by atoms with Crippen LogP contribution in [0.25, 0.3) is 0 Å². The summed E-state index contributed by atoms with van der Waals surface area (Å²) in [5.41, 5.74) is 0.773. The third kappa shape index (κ3) is 3.14. The second-order valence-corrected chi connectivity index (χ2v) is 6.52. The molecule has 1 aromatic carbocycles. The van der Waals surface area contributed by atoms with Crippen molar-refractivity contribution in [1.29, 1.82) is 0 Å². The summed E-state index contributed by atoms with van der Waals surface area (Å²) in [5, 5.41) is 4.08. The van der Waals surface area contributed by atoms with Crippen molar-refractivity contribution in [2.45, 2.75) is 50.5 Å². The fourth-order valence-corrected chi connectivity index (χ4v) is 3.31. The third-order valence-corrected chi connectivity index (χ3v) is 4.77. The molecule has 5 heteroatoms. The molecular weight excluding hydrogens is 290 g/mol. The quantitative estimate of drug-likeness (QED) is 0.851. The van der Waals surface area contributed by atoms with Crippen molar-refractivity contribution in [2.24, 2.45) is 0 Å². The van der Waals surface area contributed by atoms with Crippen LogP contribution in [0.3, 0.4) is 0 Å². The van der Waals surface area contributed by atoms with Crippen LogP contribution in [0.1, 0.15) is 60.1 Å². The summed E-state index contributed by atoms with van der Waals surface area (Å²) in [6.07, 6.45) is 6.16. The third-order valence-electron chi connectivity index (χ3n) is 4.77. The van der Waals surface area contributed by atoms with Gasteiger partial charge in [-0.1, -0.05) is 23.4 Å². The standard InChI is InChI=1S/C18H21N3O2/c22-18(14-5-2-1-3-6-14)21-12-4-7-15(21)10-11-16-19-17(23-20-16)13-8-9-13/h1-3,5-6,13,15H,4,7-12H2. The summed E-state index contributed by atoms with van der Waals surface area (Å²) < 4.78 is 5.31. The Kier molecular flexibility index (Phi) is 3.85. The van der Waals surface area contributed by atoms with E-state index < -0.39 is 0 Å². The highest BCUT2D eigenvalue weighted by Gasteiger charge is 2.31. The molecular formula is C18H21N3O2. The molecule has 2 aromatic rings. The highest BCUT2D eigenvalue weighted by molar-refractivity contribution is 5.94. The number of aromatic nitrogens is 2. The maximum atomic E-state index is 12.6. The number of hydrogen-bond acceptors (Lipinski definition) is 4. The summed E-state index contributed by atoms with van der Waals surface area (Å²) in [6, 6.07) is 9.82. The van der Waals surface area contributed by atoms with Crippen LogP contribution in [-0.2, 0) is 6.42 Å². The molecule has 1 atom stereocenters. The number of rotatable bonds is 5. The molecule has 5 nitrogen and oxygen atoms in total.